The Morgan fingerprint density at radius 3 is 2.70 bits per heavy atom. The Kier molecular flexibility index (Phi) is 6.10. The maximum Gasteiger partial charge on any atom is 0.264 e. The van der Waals surface area contributed by atoms with Crippen molar-refractivity contribution >= 4 is 33.3 Å². The van der Waals surface area contributed by atoms with E-state index in [4.69, 9.17) is 4.74 Å². The van der Waals surface area contributed by atoms with Crippen LogP contribution in [0.5, 0.6) is 0 Å². The van der Waals surface area contributed by atoms with E-state index in [-0.39, 0.29) is 11.5 Å². The standard InChI is InChI=1S/C21H25N5O3S/c1-3-29-13-12-26-14-23-19-17(20(26)27)15(2)18(30-19)21(28)25-10-8-24(9-11-25)16-6-4-5-7-22-16/h4-7,14H,3,8-13H2,1-2H3. The van der Waals surface area contributed by atoms with Crippen LogP contribution in [-0.2, 0) is 11.3 Å². The highest BCUT2D eigenvalue weighted by molar-refractivity contribution is 7.20. The van der Waals surface area contributed by atoms with E-state index in [1.165, 1.54) is 11.3 Å². The highest BCUT2D eigenvalue weighted by Crippen LogP contribution is 2.28. The lowest BCUT2D eigenvalue weighted by molar-refractivity contribution is 0.0751. The van der Waals surface area contributed by atoms with Crippen molar-refractivity contribution in [3.8, 4) is 0 Å². The number of hydrogen-bond donors (Lipinski definition) is 0. The first-order valence-electron chi connectivity index (χ1n) is 10.1. The average Bonchev–Trinajstić information content (AvgIpc) is 3.13. The molecule has 1 saturated heterocycles. The topological polar surface area (TPSA) is 80.6 Å². The van der Waals surface area contributed by atoms with Crippen molar-refractivity contribution in [3.05, 3.63) is 51.5 Å². The van der Waals surface area contributed by atoms with E-state index in [9.17, 15) is 9.59 Å². The molecule has 4 heterocycles. The van der Waals surface area contributed by atoms with Gasteiger partial charge < -0.3 is 14.5 Å². The molecule has 30 heavy (non-hydrogen) atoms. The number of carbonyl (C=O) groups excluding carboxylic acids is 1. The van der Waals surface area contributed by atoms with E-state index in [0.717, 1.165) is 24.5 Å². The molecular weight excluding hydrogens is 402 g/mol. The van der Waals surface area contributed by atoms with Gasteiger partial charge in [0, 0.05) is 39.0 Å². The Morgan fingerprint density at radius 2 is 2.00 bits per heavy atom. The first-order chi connectivity index (χ1) is 14.6. The maximum atomic E-state index is 13.2. The number of hydrogen-bond acceptors (Lipinski definition) is 7. The molecule has 0 aromatic carbocycles. The maximum absolute atomic E-state index is 13.2. The Hall–Kier alpha value is -2.78. The van der Waals surface area contributed by atoms with Crippen LogP contribution in [0.3, 0.4) is 0 Å². The van der Waals surface area contributed by atoms with E-state index < -0.39 is 0 Å². The van der Waals surface area contributed by atoms with Crippen LogP contribution in [0, 0.1) is 6.92 Å². The Bertz CT molecular complexity index is 1090. The van der Waals surface area contributed by atoms with Crippen LogP contribution in [0.15, 0.2) is 35.5 Å². The third-order valence-electron chi connectivity index (χ3n) is 5.33. The second-order valence-corrected chi connectivity index (χ2v) is 8.14. The van der Waals surface area contributed by atoms with Crippen LogP contribution in [0.1, 0.15) is 22.2 Å². The number of amides is 1. The summed E-state index contributed by atoms with van der Waals surface area (Å²) < 4.78 is 6.90. The van der Waals surface area contributed by atoms with Crippen molar-refractivity contribution in [2.75, 3.05) is 44.3 Å². The molecule has 0 radical (unpaired) electrons. The van der Waals surface area contributed by atoms with Crippen LogP contribution < -0.4 is 10.5 Å². The quantitative estimate of drug-likeness (QED) is 0.561. The highest BCUT2D eigenvalue weighted by atomic mass is 32.1. The summed E-state index contributed by atoms with van der Waals surface area (Å²) in [6.45, 7) is 7.97. The highest BCUT2D eigenvalue weighted by Gasteiger charge is 2.27. The number of piperazine rings is 1. The first kappa shape index (κ1) is 20.5. The van der Waals surface area contributed by atoms with Crippen molar-refractivity contribution in [1.29, 1.82) is 0 Å². The number of nitrogens with zero attached hydrogens (tertiary/aromatic N) is 5. The lowest BCUT2D eigenvalue weighted by atomic mass is 10.2. The minimum absolute atomic E-state index is 0.0311. The zero-order valence-corrected chi connectivity index (χ0v) is 18.0. The number of carbonyl (C=O) groups is 1. The molecule has 4 rings (SSSR count). The summed E-state index contributed by atoms with van der Waals surface area (Å²) in [6, 6.07) is 5.84. The number of anilines is 1. The number of rotatable bonds is 6. The van der Waals surface area contributed by atoms with Crippen molar-refractivity contribution in [3.63, 3.8) is 0 Å². The normalized spacial score (nSPS) is 14.5. The lowest BCUT2D eigenvalue weighted by Crippen LogP contribution is -2.49. The molecule has 0 saturated carbocycles. The summed E-state index contributed by atoms with van der Waals surface area (Å²) in [4.78, 5) is 40.1. The van der Waals surface area contributed by atoms with Crippen molar-refractivity contribution in [2.24, 2.45) is 0 Å². The van der Waals surface area contributed by atoms with E-state index in [1.807, 2.05) is 36.9 Å². The summed E-state index contributed by atoms with van der Waals surface area (Å²) in [5.74, 6) is 0.899. The summed E-state index contributed by atoms with van der Waals surface area (Å²) >= 11 is 1.30. The van der Waals surface area contributed by atoms with Gasteiger partial charge in [-0.3, -0.25) is 14.2 Å². The van der Waals surface area contributed by atoms with Crippen LogP contribution in [-0.4, -0.2) is 64.7 Å². The van der Waals surface area contributed by atoms with Gasteiger partial charge in [0.1, 0.15) is 10.6 Å². The molecule has 0 bridgehead atoms. The molecule has 8 nitrogen and oxygen atoms in total. The predicted molar refractivity (Wildman–Crippen MR) is 117 cm³/mol. The van der Waals surface area contributed by atoms with Gasteiger partial charge in [-0.1, -0.05) is 6.07 Å². The van der Waals surface area contributed by atoms with Crippen molar-refractivity contribution in [1.82, 2.24) is 19.4 Å². The molecule has 0 atom stereocenters. The molecule has 0 N–H and O–H groups in total. The lowest BCUT2D eigenvalue weighted by Gasteiger charge is -2.35. The monoisotopic (exact) mass is 427 g/mol. The van der Waals surface area contributed by atoms with E-state index >= 15 is 0 Å². The van der Waals surface area contributed by atoms with E-state index in [2.05, 4.69) is 14.9 Å². The van der Waals surface area contributed by atoms with Gasteiger partial charge in [0.05, 0.1) is 29.7 Å². The Morgan fingerprint density at radius 1 is 1.20 bits per heavy atom. The Labute approximate surface area is 178 Å². The fraction of sp³-hybridized carbons (Fsp3) is 0.429. The minimum Gasteiger partial charge on any atom is -0.380 e. The zero-order valence-electron chi connectivity index (χ0n) is 17.2. The van der Waals surface area contributed by atoms with Gasteiger partial charge in [-0.15, -0.1) is 11.3 Å². The third kappa shape index (κ3) is 3.95. The largest absolute Gasteiger partial charge is 0.380 e. The van der Waals surface area contributed by atoms with Crippen LogP contribution in [0.2, 0.25) is 0 Å². The minimum atomic E-state index is -0.118. The van der Waals surface area contributed by atoms with E-state index in [1.54, 1.807) is 17.1 Å². The molecule has 1 aliphatic heterocycles. The molecular formula is C21H25N5O3S. The predicted octanol–water partition coefficient (Wildman–Crippen LogP) is 2.16. The summed E-state index contributed by atoms with van der Waals surface area (Å²) in [5, 5.41) is 0.537. The van der Waals surface area contributed by atoms with E-state index in [0.29, 0.717) is 47.9 Å². The van der Waals surface area contributed by atoms with Gasteiger partial charge in [0.25, 0.3) is 11.5 Å². The number of aryl methyl sites for hydroxylation is 1. The third-order valence-corrected chi connectivity index (χ3v) is 6.52. The van der Waals surface area contributed by atoms with Gasteiger partial charge in [-0.25, -0.2) is 9.97 Å². The molecule has 3 aromatic heterocycles. The molecule has 0 aliphatic carbocycles. The molecule has 0 unspecified atom stereocenters. The SMILES string of the molecule is CCOCCn1cnc2sc(C(=O)N3CCN(c4ccccn4)CC3)c(C)c2c1=O. The fourth-order valence-corrected chi connectivity index (χ4v) is 4.76. The average molecular weight is 428 g/mol. The number of pyridine rings is 1. The molecule has 3 aromatic rings. The van der Waals surface area contributed by atoms with Crippen LogP contribution >= 0.6 is 11.3 Å². The summed E-state index contributed by atoms with van der Waals surface area (Å²) in [6.07, 6.45) is 3.32. The fourth-order valence-electron chi connectivity index (χ4n) is 3.65. The van der Waals surface area contributed by atoms with Gasteiger partial charge in [0.15, 0.2) is 0 Å². The van der Waals surface area contributed by atoms with Crippen LogP contribution in [0.4, 0.5) is 5.82 Å². The van der Waals surface area contributed by atoms with Gasteiger partial charge in [-0.2, -0.15) is 0 Å². The number of fused-ring (bicyclic) bond motifs is 1. The number of ether oxygens (including phenoxy) is 1. The summed E-state index contributed by atoms with van der Waals surface area (Å²) in [7, 11) is 0. The Balaban J connectivity index is 1.52. The van der Waals surface area contributed by atoms with Crippen LogP contribution in [0.25, 0.3) is 10.2 Å². The van der Waals surface area contributed by atoms with Crippen molar-refractivity contribution in [2.45, 2.75) is 20.4 Å². The van der Waals surface area contributed by atoms with Gasteiger partial charge in [0.2, 0.25) is 0 Å². The zero-order chi connectivity index (χ0) is 21.1. The smallest absolute Gasteiger partial charge is 0.264 e. The molecule has 1 fully saturated rings. The molecule has 9 heteroatoms. The molecule has 1 amide bonds. The van der Waals surface area contributed by atoms with Crippen molar-refractivity contribution < 1.29 is 9.53 Å². The first-order valence-corrected chi connectivity index (χ1v) is 10.9. The summed E-state index contributed by atoms with van der Waals surface area (Å²) in [5.41, 5.74) is 0.600. The van der Waals surface area contributed by atoms with Gasteiger partial charge >= 0.3 is 0 Å². The molecule has 158 valence electrons. The van der Waals surface area contributed by atoms with Gasteiger partial charge in [-0.05, 0) is 31.5 Å². The number of aromatic nitrogens is 3. The second-order valence-electron chi connectivity index (χ2n) is 7.14. The second kappa shape index (κ2) is 8.93. The molecule has 1 aliphatic rings. The molecule has 0 spiro atoms. The number of thiophene rings is 1.